The molecule has 2 heterocycles. The highest BCUT2D eigenvalue weighted by Crippen LogP contribution is 2.43. The molecule has 2 aromatic rings. The van der Waals surface area contributed by atoms with Gasteiger partial charge in [-0.05, 0) is 36.3 Å². The summed E-state index contributed by atoms with van der Waals surface area (Å²) in [4.78, 5) is 53.5. The number of fused-ring (bicyclic) bond motifs is 2. The number of carbonyl (C=O) groups is 4. The van der Waals surface area contributed by atoms with Crippen LogP contribution in [0.5, 0.6) is 0 Å². The average molecular weight is 548 g/mol. The van der Waals surface area contributed by atoms with Crippen molar-refractivity contribution in [3.05, 3.63) is 59.5 Å². The first-order valence-corrected chi connectivity index (χ1v) is 14.2. The fourth-order valence-corrected chi connectivity index (χ4v) is 6.44. The second-order valence-electron chi connectivity index (χ2n) is 11.3. The second-order valence-corrected chi connectivity index (χ2v) is 11.3. The number of hydrogen-bond acceptors (Lipinski definition) is 6. The Kier molecular flexibility index (Phi) is 8.32. The summed E-state index contributed by atoms with van der Waals surface area (Å²) in [6.07, 6.45) is 12.6. The summed E-state index contributed by atoms with van der Waals surface area (Å²) in [7, 11) is 0. The van der Waals surface area contributed by atoms with Gasteiger partial charge in [-0.15, -0.1) is 0 Å². The Balaban J connectivity index is 1.26. The van der Waals surface area contributed by atoms with E-state index in [9.17, 15) is 19.2 Å². The topological polar surface area (TPSA) is 148 Å². The maximum atomic E-state index is 13.6. The molecule has 3 aliphatic rings. The number of primary amides is 1. The molecule has 212 valence electrons. The van der Waals surface area contributed by atoms with Gasteiger partial charge in [0.1, 0.15) is 12.1 Å². The first-order valence-electron chi connectivity index (χ1n) is 14.2. The van der Waals surface area contributed by atoms with Crippen molar-refractivity contribution in [2.75, 3.05) is 13.1 Å². The third-order valence-corrected chi connectivity index (χ3v) is 8.64. The first kappa shape index (κ1) is 27.6. The van der Waals surface area contributed by atoms with Crippen molar-refractivity contribution < 1.29 is 23.7 Å². The van der Waals surface area contributed by atoms with Crippen LogP contribution in [0.15, 0.2) is 47.1 Å². The van der Waals surface area contributed by atoms with Gasteiger partial charge in [0.15, 0.2) is 0 Å². The van der Waals surface area contributed by atoms with Gasteiger partial charge in [-0.1, -0.05) is 73.7 Å². The smallest absolute Gasteiger partial charge is 0.290 e. The number of piperidine rings is 1. The lowest BCUT2D eigenvalue weighted by atomic mass is 9.74. The third-order valence-electron chi connectivity index (χ3n) is 8.64. The monoisotopic (exact) mass is 547 g/mol. The summed E-state index contributed by atoms with van der Waals surface area (Å²) in [6, 6.07) is 7.71. The minimum Gasteiger partial charge on any atom is -0.370 e. The Labute approximate surface area is 233 Å². The molecule has 0 bridgehead atoms. The van der Waals surface area contributed by atoms with Gasteiger partial charge in [-0.25, -0.2) is 0 Å². The number of aromatic nitrogens is 1. The molecule has 40 heavy (non-hydrogen) atoms. The largest absolute Gasteiger partial charge is 0.370 e. The SMILES string of the molecule is NC(=O)C[C@H](NC(=O)[C@H](CC1CCCCC1)NC(=O)c1ccno1)C(=O)N1CCC2(C=Cc3ccccc32)CC1. The lowest BCUT2D eigenvalue weighted by molar-refractivity contribution is -0.139. The van der Waals surface area contributed by atoms with E-state index >= 15 is 0 Å². The van der Waals surface area contributed by atoms with Crippen molar-refractivity contribution >= 4 is 29.7 Å². The lowest BCUT2D eigenvalue weighted by Crippen LogP contribution is -2.57. The Morgan fingerprint density at radius 1 is 1.02 bits per heavy atom. The van der Waals surface area contributed by atoms with Crippen LogP contribution in [-0.2, 0) is 19.8 Å². The van der Waals surface area contributed by atoms with Crippen molar-refractivity contribution in [3.8, 4) is 0 Å². The van der Waals surface area contributed by atoms with E-state index in [1.165, 1.54) is 23.4 Å². The molecule has 1 saturated carbocycles. The van der Waals surface area contributed by atoms with Gasteiger partial charge in [0.25, 0.3) is 5.91 Å². The highest BCUT2D eigenvalue weighted by Gasteiger charge is 2.40. The predicted octanol–water partition coefficient (Wildman–Crippen LogP) is 2.69. The van der Waals surface area contributed by atoms with Crippen LogP contribution >= 0.6 is 0 Å². The van der Waals surface area contributed by atoms with E-state index in [4.69, 9.17) is 10.3 Å². The summed E-state index contributed by atoms with van der Waals surface area (Å²) in [5.74, 6) is -1.83. The van der Waals surface area contributed by atoms with E-state index in [2.05, 4.69) is 40.1 Å². The van der Waals surface area contributed by atoms with E-state index in [0.29, 0.717) is 19.5 Å². The van der Waals surface area contributed by atoms with Crippen LogP contribution < -0.4 is 16.4 Å². The number of carbonyl (C=O) groups excluding carboxylic acids is 4. The van der Waals surface area contributed by atoms with E-state index in [1.54, 1.807) is 4.90 Å². The second kappa shape index (κ2) is 12.1. The van der Waals surface area contributed by atoms with Crippen LogP contribution in [0.3, 0.4) is 0 Å². The van der Waals surface area contributed by atoms with E-state index < -0.39 is 29.8 Å². The number of nitrogens with two attached hydrogens (primary N) is 1. The molecule has 4 amide bonds. The maximum absolute atomic E-state index is 13.6. The Hall–Kier alpha value is -3.95. The normalized spacial score (nSPS) is 19.6. The van der Waals surface area contributed by atoms with E-state index in [0.717, 1.165) is 44.9 Å². The van der Waals surface area contributed by atoms with Crippen molar-refractivity contribution in [2.24, 2.45) is 11.7 Å². The molecular formula is C30H37N5O5. The number of amides is 4. The van der Waals surface area contributed by atoms with Crippen LogP contribution in [0.4, 0.5) is 0 Å². The minimum atomic E-state index is -1.11. The predicted molar refractivity (Wildman–Crippen MR) is 148 cm³/mol. The summed E-state index contributed by atoms with van der Waals surface area (Å²) in [5.41, 5.74) is 7.87. The number of rotatable bonds is 9. The molecule has 1 aliphatic heterocycles. The van der Waals surface area contributed by atoms with Gasteiger partial charge in [-0.2, -0.15) is 0 Å². The molecule has 1 aromatic carbocycles. The summed E-state index contributed by atoms with van der Waals surface area (Å²) in [5, 5.41) is 9.07. The molecular weight excluding hydrogens is 510 g/mol. The molecule has 2 atom stereocenters. The minimum absolute atomic E-state index is 0.00371. The van der Waals surface area contributed by atoms with Crippen LogP contribution in [0, 0.1) is 5.92 Å². The zero-order chi connectivity index (χ0) is 28.1. The number of likely N-dealkylation sites (tertiary alicyclic amines) is 1. The Morgan fingerprint density at radius 3 is 2.48 bits per heavy atom. The standard InChI is InChI=1S/C30H37N5O5/c31-26(36)19-24(29(39)35-16-13-30(14-17-35)12-10-21-8-4-5-9-22(21)30)34-27(37)23(18-20-6-2-1-3-7-20)33-28(38)25-11-15-32-40-25/h4-5,8-12,15,20,23-24H,1-3,6-7,13-14,16-19H2,(H2,31,36)(H,33,38)(H,34,37)/t23-,24-/m0/s1. The number of allylic oxidation sites excluding steroid dienone is 1. The summed E-state index contributed by atoms with van der Waals surface area (Å²) < 4.78 is 4.96. The van der Waals surface area contributed by atoms with Crippen LogP contribution in [-0.4, -0.2) is 58.9 Å². The fourth-order valence-electron chi connectivity index (χ4n) is 6.44. The quantitative estimate of drug-likeness (QED) is 0.440. The van der Waals surface area contributed by atoms with Crippen LogP contribution in [0.2, 0.25) is 0 Å². The van der Waals surface area contributed by atoms with Crippen molar-refractivity contribution in [1.82, 2.24) is 20.7 Å². The third kappa shape index (κ3) is 6.11. The van der Waals surface area contributed by atoms with Gasteiger partial charge in [0.2, 0.25) is 23.5 Å². The van der Waals surface area contributed by atoms with Gasteiger partial charge < -0.3 is 25.8 Å². The Bertz CT molecular complexity index is 1260. The molecule has 2 aliphatic carbocycles. The van der Waals surface area contributed by atoms with E-state index in [1.807, 2.05) is 12.1 Å². The highest BCUT2D eigenvalue weighted by molar-refractivity contribution is 5.97. The molecule has 5 rings (SSSR count). The zero-order valence-corrected chi connectivity index (χ0v) is 22.6. The number of nitrogens with one attached hydrogen (secondary N) is 2. The van der Waals surface area contributed by atoms with Crippen LogP contribution in [0.1, 0.15) is 79.5 Å². The maximum Gasteiger partial charge on any atom is 0.290 e. The van der Waals surface area contributed by atoms with Crippen molar-refractivity contribution in [2.45, 2.75) is 75.3 Å². The lowest BCUT2D eigenvalue weighted by Gasteiger charge is -2.40. The van der Waals surface area contributed by atoms with Crippen molar-refractivity contribution in [1.29, 1.82) is 0 Å². The fraction of sp³-hybridized carbons (Fsp3) is 0.500. The summed E-state index contributed by atoms with van der Waals surface area (Å²) >= 11 is 0. The molecule has 2 fully saturated rings. The van der Waals surface area contributed by atoms with Crippen molar-refractivity contribution in [3.63, 3.8) is 0 Å². The van der Waals surface area contributed by atoms with Crippen LogP contribution in [0.25, 0.3) is 6.08 Å². The van der Waals surface area contributed by atoms with Gasteiger partial charge in [-0.3, -0.25) is 19.2 Å². The number of nitrogens with zero attached hydrogens (tertiary/aromatic N) is 2. The van der Waals surface area contributed by atoms with Gasteiger partial charge in [0, 0.05) is 24.6 Å². The molecule has 10 heteroatoms. The number of hydrogen-bond donors (Lipinski definition) is 3. The highest BCUT2D eigenvalue weighted by atomic mass is 16.5. The molecule has 1 aromatic heterocycles. The molecule has 0 radical (unpaired) electrons. The Morgan fingerprint density at radius 2 is 1.77 bits per heavy atom. The molecule has 0 unspecified atom stereocenters. The van der Waals surface area contributed by atoms with Gasteiger partial charge in [0.05, 0.1) is 12.6 Å². The summed E-state index contributed by atoms with van der Waals surface area (Å²) in [6.45, 7) is 0.993. The zero-order valence-electron chi connectivity index (χ0n) is 22.6. The molecule has 1 spiro atoms. The van der Waals surface area contributed by atoms with E-state index in [-0.39, 0.29) is 29.4 Å². The van der Waals surface area contributed by atoms with Gasteiger partial charge >= 0.3 is 0 Å². The molecule has 10 nitrogen and oxygen atoms in total. The number of benzene rings is 1. The first-order chi connectivity index (χ1) is 19.3. The average Bonchev–Trinajstić information content (AvgIpc) is 3.62. The molecule has 1 saturated heterocycles. The molecule has 4 N–H and O–H groups in total.